The number of benzene rings is 1. The van der Waals surface area contributed by atoms with Gasteiger partial charge >= 0.3 is 12.0 Å². The summed E-state index contributed by atoms with van der Waals surface area (Å²) in [4.78, 5) is 36.9. The molecule has 8 heteroatoms. The number of carbonyl (C=O) groups excluding carboxylic acids is 3. The molecule has 3 amide bonds. The highest BCUT2D eigenvalue weighted by Crippen LogP contribution is 2.21. The highest BCUT2D eigenvalue weighted by atomic mass is 32.2. The number of carbonyl (C=O) groups is 3. The van der Waals surface area contributed by atoms with E-state index in [4.69, 9.17) is 4.74 Å². The van der Waals surface area contributed by atoms with Gasteiger partial charge in [0.1, 0.15) is 0 Å². The highest BCUT2D eigenvalue weighted by molar-refractivity contribution is 7.99. The molecule has 0 aliphatic rings. The van der Waals surface area contributed by atoms with E-state index in [0.29, 0.717) is 11.3 Å². The molecule has 132 valence electrons. The van der Waals surface area contributed by atoms with Gasteiger partial charge in [0, 0.05) is 23.2 Å². The van der Waals surface area contributed by atoms with Crippen LogP contribution in [0.4, 0.5) is 4.79 Å². The number of thioether (sulfide) groups is 1. The summed E-state index contributed by atoms with van der Waals surface area (Å²) in [6.45, 7) is 0. The maximum atomic E-state index is 12.3. The number of hydrogen-bond donors (Lipinski definition) is 2. The van der Waals surface area contributed by atoms with Crippen molar-refractivity contribution >= 4 is 41.0 Å². The lowest BCUT2D eigenvalue weighted by molar-refractivity contribution is -0.153. The second-order valence-electron chi connectivity index (χ2n) is 4.92. The predicted molar refractivity (Wildman–Crippen MR) is 98.4 cm³/mol. The minimum absolute atomic E-state index is 0.120. The zero-order chi connectivity index (χ0) is 18.1. The minimum Gasteiger partial charge on any atom is -0.447 e. The van der Waals surface area contributed by atoms with Gasteiger partial charge in [0.25, 0.3) is 5.91 Å². The third-order valence-electron chi connectivity index (χ3n) is 3.10. The monoisotopic (exact) mass is 378 g/mol. The van der Waals surface area contributed by atoms with Crippen molar-refractivity contribution < 1.29 is 19.1 Å². The molecule has 25 heavy (non-hydrogen) atoms. The van der Waals surface area contributed by atoms with Crippen molar-refractivity contribution in [2.45, 2.75) is 11.9 Å². The van der Waals surface area contributed by atoms with Crippen LogP contribution in [0.1, 0.15) is 16.5 Å². The summed E-state index contributed by atoms with van der Waals surface area (Å²) in [5.41, 5.74) is 0.500. The Bertz CT molecular complexity index is 705. The van der Waals surface area contributed by atoms with Gasteiger partial charge in [-0.2, -0.15) is 0 Å². The quantitative estimate of drug-likeness (QED) is 0.724. The summed E-state index contributed by atoms with van der Waals surface area (Å²) in [5, 5.41) is 6.41. The molecule has 2 rings (SSSR count). The van der Waals surface area contributed by atoms with Gasteiger partial charge in [-0.3, -0.25) is 14.9 Å². The molecule has 1 atom stereocenters. The van der Waals surface area contributed by atoms with Crippen LogP contribution in [0.25, 0.3) is 0 Å². The zero-order valence-electron chi connectivity index (χ0n) is 13.6. The van der Waals surface area contributed by atoms with E-state index in [1.54, 1.807) is 41.7 Å². The number of thiophene rings is 1. The first kappa shape index (κ1) is 19.0. The first-order chi connectivity index (χ1) is 12.1. The van der Waals surface area contributed by atoms with E-state index < -0.39 is 24.0 Å². The Morgan fingerprint density at radius 2 is 1.92 bits per heavy atom. The first-order valence-corrected chi connectivity index (χ1v) is 9.50. The maximum Gasteiger partial charge on any atom is 0.321 e. The summed E-state index contributed by atoms with van der Waals surface area (Å²) in [6.07, 6.45) is -1.17. The van der Waals surface area contributed by atoms with Crippen LogP contribution in [-0.4, -0.2) is 30.7 Å². The van der Waals surface area contributed by atoms with E-state index in [-0.39, 0.29) is 5.75 Å². The van der Waals surface area contributed by atoms with Crippen molar-refractivity contribution in [3.63, 3.8) is 0 Å². The van der Waals surface area contributed by atoms with E-state index in [9.17, 15) is 14.4 Å². The van der Waals surface area contributed by atoms with Crippen LogP contribution in [0.5, 0.6) is 0 Å². The largest absolute Gasteiger partial charge is 0.447 e. The summed E-state index contributed by atoms with van der Waals surface area (Å²) < 4.78 is 5.31. The Balaban J connectivity index is 1.96. The number of urea groups is 1. The Labute approximate surface area is 154 Å². The first-order valence-electron chi connectivity index (χ1n) is 7.47. The molecule has 1 heterocycles. The van der Waals surface area contributed by atoms with E-state index in [2.05, 4.69) is 10.6 Å². The van der Waals surface area contributed by atoms with Crippen molar-refractivity contribution in [2.24, 2.45) is 0 Å². The number of amides is 3. The second-order valence-corrected chi connectivity index (χ2v) is 6.94. The predicted octanol–water partition coefficient (Wildman–Crippen LogP) is 2.72. The van der Waals surface area contributed by atoms with Crippen LogP contribution in [0.15, 0.2) is 47.8 Å². The molecule has 0 radical (unpaired) electrons. The Morgan fingerprint density at radius 1 is 1.16 bits per heavy atom. The fourth-order valence-corrected chi connectivity index (χ4v) is 3.58. The van der Waals surface area contributed by atoms with Crippen LogP contribution >= 0.6 is 23.1 Å². The molecule has 0 fully saturated rings. The van der Waals surface area contributed by atoms with Crippen LogP contribution in [0, 0.1) is 0 Å². The van der Waals surface area contributed by atoms with Gasteiger partial charge in [0.15, 0.2) is 0 Å². The number of nitrogens with one attached hydrogen (secondary N) is 2. The molecule has 1 aromatic heterocycles. The van der Waals surface area contributed by atoms with E-state index in [0.717, 1.165) is 4.88 Å². The SMILES string of the molecule is CNC(=O)NC(=O)[C@@H](OC(=O)CSCc1cccs1)c1ccccc1. The fraction of sp³-hybridized carbons (Fsp3) is 0.235. The summed E-state index contributed by atoms with van der Waals surface area (Å²) in [6, 6.07) is 11.9. The molecule has 0 aliphatic heterocycles. The van der Waals surface area contributed by atoms with E-state index >= 15 is 0 Å². The molecule has 0 saturated heterocycles. The Hall–Kier alpha value is -2.32. The second kappa shape index (κ2) is 9.85. The Kier molecular flexibility index (Phi) is 7.49. The standard InChI is InChI=1S/C17H18N2O4S2/c1-18-17(22)19-16(21)15(12-6-3-2-4-7-12)23-14(20)11-24-10-13-8-5-9-25-13/h2-9,15H,10-11H2,1H3,(H2,18,19,21,22)/t15-/m0/s1. The van der Waals surface area contributed by atoms with Crippen molar-refractivity contribution in [3.8, 4) is 0 Å². The molecule has 2 N–H and O–H groups in total. The molecule has 1 aromatic carbocycles. The number of rotatable bonds is 7. The van der Waals surface area contributed by atoms with Gasteiger partial charge in [-0.15, -0.1) is 23.1 Å². The molecule has 6 nitrogen and oxygen atoms in total. The minimum atomic E-state index is -1.17. The fourth-order valence-electron chi connectivity index (χ4n) is 1.94. The van der Waals surface area contributed by atoms with E-state index in [1.165, 1.54) is 18.8 Å². The third-order valence-corrected chi connectivity index (χ3v) is 5.11. The van der Waals surface area contributed by atoms with Crippen molar-refractivity contribution in [3.05, 3.63) is 58.3 Å². The molecule has 0 saturated carbocycles. The molecule has 0 bridgehead atoms. The average Bonchev–Trinajstić information content (AvgIpc) is 3.13. The Morgan fingerprint density at radius 3 is 2.56 bits per heavy atom. The lowest BCUT2D eigenvalue weighted by Gasteiger charge is -2.17. The number of esters is 1. The number of imide groups is 1. The molecule has 2 aromatic rings. The van der Waals surface area contributed by atoms with Crippen molar-refractivity contribution in [2.75, 3.05) is 12.8 Å². The van der Waals surface area contributed by atoms with E-state index in [1.807, 2.05) is 17.5 Å². The van der Waals surface area contributed by atoms with Crippen LogP contribution in [-0.2, 0) is 20.1 Å². The van der Waals surface area contributed by atoms with Crippen molar-refractivity contribution in [1.29, 1.82) is 0 Å². The van der Waals surface area contributed by atoms with Gasteiger partial charge in [-0.05, 0) is 11.4 Å². The lowest BCUT2D eigenvalue weighted by Crippen LogP contribution is -2.41. The van der Waals surface area contributed by atoms with Crippen LogP contribution in [0.3, 0.4) is 0 Å². The molecule has 0 aliphatic carbocycles. The lowest BCUT2D eigenvalue weighted by atomic mass is 10.1. The van der Waals surface area contributed by atoms with Gasteiger partial charge in [-0.25, -0.2) is 4.79 Å². The third kappa shape index (κ3) is 6.24. The smallest absolute Gasteiger partial charge is 0.321 e. The highest BCUT2D eigenvalue weighted by Gasteiger charge is 2.26. The van der Waals surface area contributed by atoms with Gasteiger partial charge in [0.05, 0.1) is 5.75 Å². The average molecular weight is 378 g/mol. The van der Waals surface area contributed by atoms with Crippen LogP contribution in [0.2, 0.25) is 0 Å². The normalized spacial score (nSPS) is 11.4. The zero-order valence-corrected chi connectivity index (χ0v) is 15.2. The number of ether oxygens (including phenoxy) is 1. The van der Waals surface area contributed by atoms with Gasteiger partial charge in [-0.1, -0.05) is 36.4 Å². The van der Waals surface area contributed by atoms with Crippen LogP contribution < -0.4 is 10.6 Å². The van der Waals surface area contributed by atoms with Crippen molar-refractivity contribution in [1.82, 2.24) is 10.6 Å². The molecule has 0 spiro atoms. The molecular formula is C17H18N2O4S2. The summed E-state index contributed by atoms with van der Waals surface area (Å²) in [5.74, 6) is -0.383. The topological polar surface area (TPSA) is 84.5 Å². The molecule has 0 unspecified atom stereocenters. The van der Waals surface area contributed by atoms with Gasteiger partial charge in [0.2, 0.25) is 6.10 Å². The molecular weight excluding hydrogens is 360 g/mol. The summed E-state index contributed by atoms with van der Waals surface area (Å²) >= 11 is 3.03. The number of hydrogen-bond acceptors (Lipinski definition) is 6. The maximum absolute atomic E-state index is 12.3. The van der Waals surface area contributed by atoms with Gasteiger partial charge < -0.3 is 10.1 Å². The summed E-state index contributed by atoms with van der Waals surface area (Å²) in [7, 11) is 1.40.